The van der Waals surface area contributed by atoms with Gasteiger partial charge < -0.3 is 20.7 Å². The number of aliphatic imine (C=N–C) groups is 1. The molecule has 0 aromatic heterocycles. The maximum atomic E-state index is 11.9. The van der Waals surface area contributed by atoms with E-state index < -0.39 is 5.60 Å². The van der Waals surface area contributed by atoms with Gasteiger partial charge in [0.05, 0.1) is 0 Å². The van der Waals surface area contributed by atoms with Crippen molar-refractivity contribution in [1.29, 1.82) is 0 Å². The number of nitrogens with one attached hydrogen (secondary N) is 1. The third-order valence-corrected chi connectivity index (χ3v) is 2.23. The first kappa shape index (κ1) is 17.5. The van der Waals surface area contributed by atoms with Crippen molar-refractivity contribution in [3.8, 4) is 0 Å². The Labute approximate surface area is 116 Å². The minimum atomic E-state index is -0.473. The Kier molecular flexibility index (Phi) is 7.95. The van der Waals surface area contributed by atoms with Gasteiger partial charge in [-0.05, 0) is 34.1 Å². The minimum Gasteiger partial charge on any atom is -0.444 e. The third kappa shape index (κ3) is 9.16. The first-order valence-corrected chi connectivity index (χ1v) is 6.81. The summed E-state index contributed by atoms with van der Waals surface area (Å²) in [6, 6.07) is 0. The second kappa shape index (κ2) is 8.61. The van der Waals surface area contributed by atoms with Crippen molar-refractivity contribution in [2.24, 2.45) is 10.7 Å². The van der Waals surface area contributed by atoms with Gasteiger partial charge in [0, 0.05) is 26.2 Å². The van der Waals surface area contributed by atoms with Crippen LogP contribution in [-0.2, 0) is 4.74 Å². The fourth-order valence-corrected chi connectivity index (χ4v) is 1.31. The van der Waals surface area contributed by atoms with Crippen molar-refractivity contribution in [3.63, 3.8) is 0 Å². The van der Waals surface area contributed by atoms with Gasteiger partial charge in [0.25, 0.3) is 0 Å². The summed E-state index contributed by atoms with van der Waals surface area (Å²) in [6.45, 7) is 11.9. The molecule has 0 saturated carbocycles. The lowest BCUT2D eigenvalue weighted by atomic mass is 10.2. The number of hydrogen-bond acceptors (Lipinski definition) is 3. The zero-order valence-corrected chi connectivity index (χ0v) is 12.8. The smallest absolute Gasteiger partial charge is 0.410 e. The highest BCUT2D eigenvalue weighted by molar-refractivity contribution is 5.77. The molecule has 0 unspecified atom stereocenters. The maximum absolute atomic E-state index is 11.9. The SMILES string of the molecule is CCCN=C(N)NCCN(CC)C(=O)OC(C)(C)C. The van der Waals surface area contributed by atoms with Crippen molar-refractivity contribution in [2.75, 3.05) is 26.2 Å². The molecule has 1 amide bonds. The monoisotopic (exact) mass is 272 g/mol. The fourth-order valence-electron chi connectivity index (χ4n) is 1.31. The normalized spacial score (nSPS) is 12.2. The zero-order valence-electron chi connectivity index (χ0n) is 12.8. The summed E-state index contributed by atoms with van der Waals surface area (Å²) in [5.41, 5.74) is 5.20. The average molecular weight is 272 g/mol. The molecule has 0 saturated heterocycles. The van der Waals surface area contributed by atoms with Crippen molar-refractivity contribution in [2.45, 2.75) is 46.6 Å². The van der Waals surface area contributed by atoms with Crippen LogP contribution in [0.3, 0.4) is 0 Å². The standard InChI is InChI=1S/C13H28N4O2/c1-6-8-15-11(14)16-9-10-17(7-2)12(18)19-13(3,4)5/h6-10H2,1-5H3,(H3,14,15,16). The van der Waals surface area contributed by atoms with Gasteiger partial charge in [-0.25, -0.2) is 4.79 Å². The fraction of sp³-hybridized carbons (Fsp3) is 0.846. The molecule has 112 valence electrons. The van der Waals surface area contributed by atoms with Gasteiger partial charge in [-0.15, -0.1) is 0 Å². The summed E-state index contributed by atoms with van der Waals surface area (Å²) in [5, 5.41) is 2.98. The number of nitrogens with two attached hydrogens (primary N) is 1. The van der Waals surface area contributed by atoms with E-state index >= 15 is 0 Å². The number of nitrogens with zero attached hydrogens (tertiary/aromatic N) is 2. The highest BCUT2D eigenvalue weighted by atomic mass is 16.6. The predicted molar refractivity (Wildman–Crippen MR) is 78.3 cm³/mol. The van der Waals surface area contributed by atoms with E-state index in [1.165, 1.54) is 0 Å². The number of carbonyl (C=O) groups is 1. The van der Waals surface area contributed by atoms with Crippen LogP contribution in [0.1, 0.15) is 41.0 Å². The predicted octanol–water partition coefficient (Wildman–Crippen LogP) is 1.56. The van der Waals surface area contributed by atoms with Crippen LogP contribution in [0.5, 0.6) is 0 Å². The Balaban J connectivity index is 4.10. The Morgan fingerprint density at radius 1 is 1.37 bits per heavy atom. The molecule has 0 aromatic carbocycles. The van der Waals surface area contributed by atoms with Crippen LogP contribution in [0.15, 0.2) is 4.99 Å². The minimum absolute atomic E-state index is 0.305. The summed E-state index contributed by atoms with van der Waals surface area (Å²) in [6.07, 6.45) is 0.655. The number of hydrogen-bond donors (Lipinski definition) is 2. The maximum Gasteiger partial charge on any atom is 0.410 e. The van der Waals surface area contributed by atoms with Gasteiger partial charge in [0.2, 0.25) is 0 Å². The van der Waals surface area contributed by atoms with E-state index in [1.54, 1.807) is 4.90 Å². The number of rotatable bonds is 6. The molecule has 0 spiro atoms. The second-order valence-corrected chi connectivity index (χ2v) is 5.25. The molecule has 19 heavy (non-hydrogen) atoms. The number of likely N-dealkylation sites (N-methyl/N-ethyl adjacent to an activating group) is 1. The molecule has 6 nitrogen and oxygen atoms in total. The van der Waals surface area contributed by atoms with E-state index in [4.69, 9.17) is 10.5 Å². The molecule has 0 radical (unpaired) electrons. The van der Waals surface area contributed by atoms with Crippen LogP contribution in [-0.4, -0.2) is 48.7 Å². The largest absolute Gasteiger partial charge is 0.444 e. The van der Waals surface area contributed by atoms with Gasteiger partial charge in [0.15, 0.2) is 5.96 Å². The van der Waals surface area contributed by atoms with Crippen LogP contribution in [0, 0.1) is 0 Å². The second-order valence-electron chi connectivity index (χ2n) is 5.25. The Bertz CT molecular complexity index is 298. The van der Waals surface area contributed by atoms with Crippen LogP contribution < -0.4 is 11.1 Å². The quantitative estimate of drug-likeness (QED) is 0.568. The van der Waals surface area contributed by atoms with Gasteiger partial charge in [-0.1, -0.05) is 6.92 Å². The van der Waals surface area contributed by atoms with Gasteiger partial charge in [0.1, 0.15) is 5.60 Å². The molecule has 3 N–H and O–H groups in total. The zero-order chi connectivity index (χ0) is 14.9. The highest BCUT2D eigenvalue weighted by Gasteiger charge is 2.20. The molecule has 0 atom stereocenters. The molecule has 0 bridgehead atoms. The van der Waals surface area contributed by atoms with Crippen molar-refractivity contribution in [3.05, 3.63) is 0 Å². The van der Waals surface area contributed by atoms with Gasteiger partial charge >= 0.3 is 6.09 Å². The van der Waals surface area contributed by atoms with E-state index in [-0.39, 0.29) is 6.09 Å². The summed E-state index contributed by atoms with van der Waals surface area (Å²) in [7, 11) is 0. The van der Waals surface area contributed by atoms with Crippen molar-refractivity contribution < 1.29 is 9.53 Å². The Morgan fingerprint density at radius 3 is 2.47 bits per heavy atom. The van der Waals surface area contributed by atoms with E-state index in [1.807, 2.05) is 34.6 Å². The first-order chi connectivity index (χ1) is 8.80. The van der Waals surface area contributed by atoms with Crippen LogP contribution in [0.25, 0.3) is 0 Å². The van der Waals surface area contributed by atoms with E-state index in [0.29, 0.717) is 32.1 Å². The molecule has 0 aliphatic rings. The van der Waals surface area contributed by atoms with Crippen LogP contribution in [0.2, 0.25) is 0 Å². The topological polar surface area (TPSA) is 80.0 Å². The molecule has 0 aromatic rings. The Morgan fingerprint density at radius 2 is 2.00 bits per heavy atom. The summed E-state index contributed by atoms with van der Waals surface area (Å²) >= 11 is 0. The van der Waals surface area contributed by atoms with Gasteiger partial charge in [-0.2, -0.15) is 0 Å². The van der Waals surface area contributed by atoms with Crippen LogP contribution in [0.4, 0.5) is 4.79 Å². The van der Waals surface area contributed by atoms with Crippen molar-refractivity contribution in [1.82, 2.24) is 10.2 Å². The number of amides is 1. The van der Waals surface area contributed by atoms with E-state index in [2.05, 4.69) is 10.3 Å². The lowest BCUT2D eigenvalue weighted by Gasteiger charge is -2.26. The summed E-state index contributed by atoms with van der Waals surface area (Å²) < 4.78 is 5.31. The molecule has 0 heterocycles. The molecule has 0 rings (SSSR count). The lowest BCUT2D eigenvalue weighted by molar-refractivity contribution is 0.0264. The summed E-state index contributed by atoms with van der Waals surface area (Å²) in [4.78, 5) is 17.6. The molecule has 0 fully saturated rings. The highest BCUT2D eigenvalue weighted by Crippen LogP contribution is 2.09. The first-order valence-electron chi connectivity index (χ1n) is 6.81. The van der Waals surface area contributed by atoms with E-state index in [9.17, 15) is 4.79 Å². The molecular weight excluding hydrogens is 244 g/mol. The number of guanidine groups is 1. The number of ether oxygens (including phenoxy) is 1. The third-order valence-electron chi connectivity index (χ3n) is 2.23. The van der Waals surface area contributed by atoms with Gasteiger partial charge in [-0.3, -0.25) is 4.99 Å². The van der Waals surface area contributed by atoms with Crippen molar-refractivity contribution >= 4 is 12.1 Å². The lowest BCUT2D eigenvalue weighted by Crippen LogP contribution is -2.42. The van der Waals surface area contributed by atoms with E-state index in [0.717, 1.165) is 6.42 Å². The molecule has 6 heteroatoms. The average Bonchev–Trinajstić information content (AvgIpc) is 2.29. The molecular formula is C13H28N4O2. The Hall–Kier alpha value is -1.46. The summed E-state index contributed by atoms with van der Waals surface area (Å²) in [5.74, 6) is 0.419. The number of carbonyl (C=O) groups excluding carboxylic acids is 1. The molecule has 0 aliphatic heterocycles. The molecule has 0 aliphatic carbocycles. The van der Waals surface area contributed by atoms with Crippen LogP contribution >= 0.6 is 0 Å².